The lowest BCUT2D eigenvalue weighted by Crippen LogP contribution is -2.30. The Labute approximate surface area is 128 Å². The van der Waals surface area contributed by atoms with Crippen LogP contribution in [-0.2, 0) is 11.2 Å². The van der Waals surface area contributed by atoms with Gasteiger partial charge in [-0.3, -0.25) is 4.79 Å². The fourth-order valence-corrected chi connectivity index (χ4v) is 3.09. The molecule has 2 nitrogen and oxygen atoms in total. The van der Waals surface area contributed by atoms with Crippen LogP contribution in [0, 0.1) is 0 Å². The highest BCUT2D eigenvalue weighted by Crippen LogP contribution is 2.28. The second-order valence-corrected chi connectivity index (χ2v) is 5.89. The average molecular weight is 285 g/mol. The Morgan fingerprint density at radius 1 is 1.19 bits per heavy atom. The third-order valence-electron chi connectivity index (χ3n) is 4.22. The van der Waals surface area contributed by atoms with E-state index in [0.29, 0.717) is 0 Å². The number of aryl methyl sites for hydroxylation is 1. The Balaban J connectivity index is 1.95. The van der Waals surface area contributed by atoms with Crippen LogP contribution < -0.4 is 4.90 Å². The molecule has 0 N–H and O–H groups in total. The van der Waals surface area contributed by atoms with Gasteiger partial charge in [-0.15, -0.1) is 0 Å². The molecule has 1 aliphatic heterocycles. The van der Waals surface area contributed by atoms with Gasteiger partial charge in [-0.05, 0) is 48.6 Å². The van der Waals surface area contributed by atoms with Gasteiger partial charge < -0.3 is 4.90 Å². The number of unbranched alkanes of at least 4 members (excludes halogenated alkanes) is 4. The maximum absolute atomic E-state index is 10.4. The van der Waals surface area contributed by atoms with Crippen molar-refractivity contribution in [1.29, 1.82) is 0 Å². The topological polar surface area (TPSA) is 20.3 Å². The van der Waals surface area contributed by atoms with Crippen LogP contribution in [0.5, 0.6) is 0 Å². The van der Waals surface area contributed by atoms with Crippen molar-refractivity contribution < 1.29 is 4.79 Å². The van der Waals surface area contributed by atoms with Gasteiger partial charge in [0.1, 0.15) is 6.29 Å². The molecule has 0 saturated carbocycles. The first kappa shape index (κ1) is 15.8. The van der Waals surface area contributed by atoms with Crippen LogP contribution in [0.4, 0.5) is 5.69 Å². The minimum Gasteiger partial charge on any atom is -0.371 e. The summed E-state index contributed by atoms with van der Waals surface area (Å²) in [4.78, 5) is 13.0. The van der Waals surface area contributed by atoms with Crippen LogP contribution >= 0.6 is 0 Å². The number of anilines is 1. The van der Waals surface area contributed by atoms with Crippen LogP contribution in [0.1, 0.15) is 56.6 Å². The summed E-state index contributed by atoms with van der Waals surface area (Å²) in [6, 6.07) is 6.58. The van der Waals surface area contributed by atoms with Crippen LogP contribution in [0.2, 0.25) is 0 Å². The summed E-state index contributed by atoms with van der Waals surface area (Å²) in [5.41, 5.74) is 3.97. The summed E-state index contributed by atoms with van der Waals surface area (Å²) in [7, 11) is 0. The summed E-state index contributed by atoms with van der Waals surface area (Å²) >= 11 is 0. The van der Waals surface area contributed by atoms with E-state index in [4.69, 9.17) is 0 Å². The molecule has 0 saturated heterocycles. The molecule has 1 aromatic rings. The predicted molar refractivity (Wildman–Crippen MR) is 90.8 cm³/mol. The van der Waals surface area contributed by atoms with Crippen molar-refractivity contribution in [2.24, 2.45) is 0 Å². The number of fused-ring (bicyclic) bond motifs is 1. The van der Waals surface area contributed by atoms with E-state index in [1.54, 1.807) is 6.08 Å². The van der Waals surface area contributed by atoms with Gasteiger partial charge >= 0.3 is 0 Å². The number of benzene rings is 1. The maximum Gasteiger partial charge on any atom is 0.142 e. The van der Waals surface area contributed by atoms with Gasteiger partial charge in [0.25, 0.3) is 0 Å². The quantitative estimate of drug-likeness (QED) is 0.394. The number of rotatable bonds is 8. The molecule has 0 amide bonds. The number of carbonyl (C=O) groups is 1. The first-order chi connectivity index (χ1) is 10.3. The van der Waals surface area contributed by atoms with Crippen molar-refractivity contribution >= 4 is 18.0 Å². The fourth-order valence-electron chi connectivity index (χ4n) is 3.09. The fraction of sp³-hybridized carbons (Fsp3) is 0.526. The van der Waals surface area contributed by atoms with Crippen LogP contribution in [0.15, 0.2) is 24.3 Å². The number of aldehydes is 1. The molecule has 2 heteroatoms. The Morgan fingerprint density at radius 3 is 2.86 bits per heavy atom. The number of carbonyl (C=O) groups excluding carboxylic acids is 1. The molecule has 21 heavy (non-hydrogen) atoms. The third-order valence-corrected chi connectivity index (χ3v) is 4.22. The minimum absolute atomic E-state index is 0.835. The number of allylic oxidation sites excluding steroid dienone is 1. The lowest BCUT2D eigenvalue weighted by molar-refractivity contribution is -0.104. The van der Waals surface area contributed by atoms with Crippen molar-refractivity contribution in [3.05, 3.63) is 35.4 Å². The monoisotopic (exact) mass is 285 g/mol. The van der Waals surface area contributed by atoms with Gasteiger partial charge in [-0.2, -0.15) is 0 Å². The molecule has 0 spiro atoms. The summed E-state index contributed by atoms with van der Waals surface area (Å²) < 4.78 is 0. The van der Waals surface area contributed by atoms with E-state index in [-0.39, 0.29) is 0 Å². The lowest BCUT2D eigenvalue weighted by Gasteiger charge is -2.31. The second-order valence-electron chi connectivity index (χ2n) is 5.89. The smallest absolute Gasteiger partial charge is 0.142 e. The van der Waals surface area contributed by atoms with Gasteiger partial charge in [0.05, 0.1) is 0 Å². The van der Waals surface area contributed by atoms with Gasteiger partial charge in [-0.1, -0.05) is 44.7 Å². The van der Waals surface area contributed by atoms with E-state index in [9.17, 15) is 4.79 Å². The Morgan fingerprint density at radius 2 is 2.05 bits per heavy atom. The van der Waals surface area contributed by atoms with E-state index in [1.807, 2.05) is 6.08 Å². The molecule has 114 valence electrons. The lowest BCUT2D eigenvalue weighted by atomic mass is 9.98. The van der Waals surface area contributed by atoms with Crippen LogP contribution in [0.3, 0.4) is 0 Å². The molecule has 0 atom stereocenters. The zero-order valence-corrected chi connectivity index (χ0v) is 13.2. The molecule has 0 bridgehead atoms. The first-order valence-corrected chi connectivity index (χ1v) is 8.35. The van der Waals surface area contributed by atoms with Crippen molar-refractivity contribution in [3.8, 4) is 0 Å². The molecule has 0 radical (unpaired) electrons. The minimum atomic E-state index is 0.835. The zero-order valence-electron chi connectivity index (χ0n) is 13.2. The summed E-state index contributed by atoms with van der Waals surface area (Å²) in [6.45, 7) is 4.63. The average Bonchev–Trinajstić information content (AvgIpc) is 2.52. The molecular formula is C19H27NO. The maximum atomic E-state index is 10.4. The number of hydrogen-bond acceptors (Lipinski definition) is 2. The Bertz CT molecular complexity index is 478. The SMILES string of the molecule is CCCCCCCN1CCCc2cc(/C=C/C=O)ccc21. The molecule has 0 fully saturated rings. The highest BCUT2D eigenvalue weighted by Gasteiger charge is 2.16. The summed E-state index contributed by atoms with van der Waals surface area (Å²) in [5.74, 6) is 0. The molecule has 1 aliphatic rings. The summed E-state index contributed by atoms with van der Waals surface area (Å²) in [6.07, 6.45) is 13.4. The molecule has 0 unspecified atom stereocenters. The van der Waals surface area contributed by atoms with Gasteiger partial charge in [0.2, 0.25) is 0 Å². The van der Waals surface area contributed by atoms with Crippen molar-refractivity contribution in [2.75, 3.05) is 18.0 Å². The van der Waals surface area contributed by atoms with Crippen LogP contribution in [0.25, 0.3) is 6.08 Å². The normalized spacial score (nSPS) is 14.4. The van der Waals surface area contributed by atoms with E-state index in [0.717, 1.165) is 18.3 Å². The van der Waals surface area contributed by atoms with Gasteiger partial charge in [0.15, 0.2) is 0 Å². The highest BCUT2D eigenvalue weighted by atomic mass is 16.1. The van der Waals surface area contributed by atoms with Crippen molar-refractivity contribution in [1.82, 2.24) is 0 Å². The predicted octanol–water partition coefficient (Wildman–Crippen LogP) is 4.62. The van der Waals surface area contributed by atoms with Crippen molar-refractivity contribution in [2.45, 2.75) is 51.9 Å². The number of hydrogen-bond donors (Lipinski definition) is 0. The molecule has 2 rings (SSSR count). The largest absolute Gasteiger partial charge is 0.371 e. The summed E-state index contributed by atoms with van der Waals surface area (Å²) in [5, 5.41) is 0. The molecule has 0 aliphatic carbocycles. The molecule has 1 heterocycles. The number of nitrogens with zero attached hydrogens (tertiary/aromatic N) is 1. The van der Waals surface area contributed by atoms with E-state index in [2.05, 4.69) is 30.0 Å². The Hall–Kier alpha value is -1.57. The molecule has 0 aromatic heterocycles. The first-order valence-electron chi connectivity index (χ1n) is 8.35. The van der Waals surface area contributed by atoms with E-state index < -0.39 is 0 Å². The molecular weight excluding hydrogens is 258 g/mol. The zero-order chi connectivity index (χ0) is 14.9. The Kier molecular flexibility index (Phi) is 6.52. The van der Waals surface area contributed by atoms with Crippen molar-refractivity contribution in [3.63, 3.8) is 0 Å². The van der Waals surface area contributed by atoms with Gasteiger partial charge in [0, 0.05) is 18.8 Å². The van der Waals surface area contributed by atoms with Crippen LogP contribution in [-0.4, -0.2) is 19.4 Å². The highest BCUT2D eigenvalue weighted by molar-refractivity contribution is 5.74. The van der Waals surface area contributed by atoms with E-state index >= 15 is 0 Å². The van der Waals surface area contributed by atoms with Gasteiger partial charge in [-0.25, -0.2) is 0 Å². The van der Waals surface area contributed by atoms with E-state index in [1.165, 1.54) is 62.9 Å². The third kappa shape index (κ3) is 4.73. The standard InChI is InChI=1S/C19H27NO/c1-2-3-4-5-6-13-20-14-7-10-18-16-17(9-8-15-21)11-12-19(18)20/h8-9,11-12,15-16H,2-7,10,13-14H2,1H3/b9-8+. The second kappa shape index (κ2) is 8.66. The molecule has 1 aromatic carbocycles.